The number of anilines is 1. The molecule has 0 aliphatic rings. The molecule has 0 bridgehead atoms. The van der Waals surface area contributed by atoms with E-state index in [2.05, 4.69) is 15.5 Å². The summed E-state index contributed by atoms with van der Waals surface area (Å²) in [5, 5.41) is 11.1. The molecule has 0 fully saturated rings. The highest BCUT2D eigenvalue weighted by atomic mass is 35.5. The molecule has 1 N–H and O–H groups in total. The van der Waals surface area contributed by atoms with E-state index in [0.29, 0.717) is 23.1 Å². The van der Waals surface area contributed by atoms with Crippen molar-refractivity contribution >= 4 is 35.3 Å². The molecule has 0 atom stereocenters. The van der Waals surface area contributed by atoms with Crippen molar-refractivity contribution < 1.29 is 9.21 Å². The van der Waals surface area contributed by atoms with Crippen molar-refractivity contribution in [3.63, 3.8) is 0 Å². The zero-order valence-electron chi connectivity index (χ0n) is 12.6. The first-order valence-electron chi connectivity index (χ1n) is 7.28. The Bertz CT molecular complexity index is 806. The van der Waals surface area contributed by atoms with Crippen molar-refractivity contribution in [2.45, 2.75) is 11.3 Å². The van der Waals surface area contributed by atoms with Crippen LogP contribution >= 0.6 is 23.4 Å². The van der Waals surface area contributed by atoms with Crippen LogP contribution in [0, 0.1) is 0 Å². The Morgan fingerprint density at radius 2 is 1.83 bits per heavy atom. The molecule has 1 aromatic heterocycles. The molecule has 2 aromatic carbocycles. The van der Waals surface area contributed by atoms with Gasteiger partial charge in [-0.15, -0.1) is 16.9 Å². The van der Waals surface area contributed by atoms with Crippen LogP contribution in [0.15, 0.2) is 63.9 Å². The van der Waals surface area contributed by atoms with Crippen molar-refractivity contribution in [1.82, 2.24) is 10.2 Å². The van der Waals surface area contributed by atoms with Crippen molar-refractivity contribution in [3.8, 4) is 11.5 Å². The molecule has 0 aliphatic heterocycles. The number of nitrogens with one attached hydrogen (secondary N) is 1. The first-order valence-corrected chi connectivity index (χ1v) is 8.64. The van der Waals surface area contributed by atoms with Gasteiger partial charge in [0.2, 0.25) is 11.8 Å². The molecule has 122 valence electrons. The lowest BCUT2D eigenvalue weighted by Gasteiger charge is -2.02. The highest BCUT2D eigenvalue weighted by Crippen LogP contribution is 2.22. The van der Waals surface area contributed by atoms with Crippen LogP contribution in [0.25, 0.3) is 11.5 Å². The highest BCUT2D eigenvalue weighted by molar-refractivity contribution is 7.99. The van der Waals surface area contributed by atoms with Gasteiger partial charge in [-0.2, -0.15) is 0 Å². The minimum absolute atomic E-state index is 0.107. The highest BCUT2D eigenvalue weighted by Gasteiger charge is 2.11. The van der Waals surface area contributed by atoms with E-state index in [4.69, 9.17) is 16.0 Å². The SMILES string of the molecule is O=C(CCSc1ccc(Cl)cc1)Nc1nnc(-c2ccccc2)o1. The second kappa shape index (κ2) is 7.99. The van der Waals surface area contributed by atoms with E-state index in [1.165, 1.54) is 0 Å². The van der Waals surface area contributed by atoms with Crippen molar-refractivity contribution in [2.75, 3.05) is 11.1 Å². The number of hydrogen-bond acceptors (Lipinski definition) is 5. The van der Waals surface area contributed by atoms with Gasteiger partial charge in [-0.25, -0.2) is 0 Å². The molecule has 3 aromatic rings. The molecule has 0 saturated carbocycles. The molecule has 0 saturated heterocycles. The number of rotatable bonds is 6. The Balaban J connectivity index is 1.48. The fourth-order valence-electron chi connectivity index (χ4n) is 1.95. The summed E-state index contributed by atoms with van der Waals surface area (Å²) in [6.07, 6.45) is 0.344. The maximum Gasteiger partial charge on any atom is 0.322 e. The second-order valence-corrected chi connectivity index (χ2v) is 6.48. The summed E-state index contributed by atoms with van der Waals surface area (Å²) in [6, 6.07) is 17.0. The molecule has 1 amide bonds. The summed E-state index contributed by atoms with van der Waals surface area (Å²) >= 11 is 7.42. The lowest BCUT2D eigenvalue weighted by molar-refractivity contribution is -0.115. The minimum atomic E-state index is -0.167. The van der Waals surface area contributed by atoms with Crippen LogP contribution in [0.5, 0.6) is 0 Å². The summed E-state index contributed by atoms with van der Waals surface area (Å²) in [7, 11) is 0. The van der Waals surface area contributed by atoms with E-state index in [0.717, 1.165) is 10.5 Å². The number of nitrogens with zero attached hydrogens (tertiary/aromatic N) is 2. The first kappa shape index (κ1) is 16.5. The predicted octanol–water partition coefficient (Wildman–Crippen LogP) is 4.51. The third-order valence-corrected chi connectivity index (χ3v) is 4.37. The van der Waals surface area contributed by atoms with Gasteiger partial charge in [-0.3, -0.25) is 10.1 Å². The number of halogens is 1. The van der Waals surface area contributed by atoms with Gasteiger partial charge in [0.1, 0.15) is 0 Å². The average molecular weight is 360 g/mol. The molecule has 0 spiro atoms. The van der Waals surface area contributed by atoms with Gasteiger partial charge in [0.05, 0.1) is 0 Å². The van der Waals surface area contributed by atoms with Gasteiger partial charge in [-0.1, -0.05) is 34.9 Å². The van der Waals surface area contributed by atoms with E-state index >= 15 is 0 Å². The van der Waals surface area contributed by atoms with Gasteiger partial charge in [0.25, 0.3) is 0 Å². The standard InChI is InChI=1S/C17H14ClN3O2S/c18-13-6-8-14(9-7-13)24-11-10-15(22)19-17-21-20-16(23-17)12-4-2-1-3-5-12/h1-9H,10-11H2,(H,19,21,22). The Hall–Kier alpha value is -2.31. The van der Waals surface area contributed by atoms with Gasteiger partial charge in [0.15, 0.2) is 0 Å². The smallest absolute Gasteiger partial charge is 0.322 e. The fraction of sp³-hybridized carbons (Fsp3) is 0.118. The fourth-order valence-corrected chi connectivity index (χ4v) is 2.92. The number of carbonyl (C=O) groups excluding carboxylic acids is 1. The molecule has 0 unspecified atom stereocenters. The van der Waals surface area contributed by atoms with E-state index < -0.39 is 0 Å². The number of hydrogen-bond donors (Lipinski definition) is 1. The number of aromatic nitrogens is 2. The van der Waals surface area contributed by atoms with Crippen molar-refractivity contribution in [3.05, 3.63) is 59.6 Å². The third kappa shape index (κ3) is 4.59. The summed E-state index contributed by atoms with van der Waals surface area (Å²) < 4.78 is 5.44. The molecule has 3 rings (SSSR count). The van der Waals surface area contributed by atoms with Crippen molar-refractivity contribution in [1.29, 1.82) is 0 Å². The number of amides is 1. The number of benzene rings is 2. The maximum absolute atomic E-state index is 11.9. The zero-order valence-corrected chi connectivity index (χ0v) is 14.2. The van der Waals surface area contributed by atoms with E-state index in [1.54, 1.807) is 11.8 Å². The van der Waals surface area contributed by atoms with Crippen LogP contribution in [0.1, 0.15) is 6.42 Å². The average Bonchev–Trinajstić information content (AvgIpc) is 3.06. The van der Waals surface area contributed by atoms with Gasteiger partial charge in [0, 0.05) is 27.7 Å². The Labute approximate surface area is 148 Å². The third-order valence-electron chi connectivity index (χ3n) is 3.10. The molecule has 0 radical (unpaired) electrons. The molecule has 0 aliphatic carbocycles. The topological polar surface area (TPSA) is 68.0 Å². The quantitative estimate of drug-likeness (QED) is 0.656. The van der Waals surface area contributed by atoms with Crippen LogP contribution in [-0.4, -0.2) is 21.9 Å². The molecule has 1 heterocycles. The normalized spacial score (nSPS) is 10.5. The number of carbonyl (C=O) groups is 1. The summed E-state index contributed by atoms with van der Waals surface area (Å²) in [6.45, 7) is 0. The van der Waals surface area contributed by atoms with E-state index in [-0.39, 0.29) is 11.9 Å². The predicted molar refractivity (Wildman–Crippen MR) is 95.2 cm³/mol. The van der Waals surface area contributed by atoms with Crippen LogP contribution in [-0.2, 0) is 4.79 Å². The molecular formula is C17H14ClN3O2S. The van der Waals surface area contributed by atoms with Crippen molar-refractivity contribution in [2.24, 2.45) is 0 Å². The lowest BCUT2D eigenvalue weighted by atomic mass is 10.2. The van der Waals surface area contributed by atoms with Crippen LogP contribution in [0.3, 0.4) is 0 Å². The molecule has 24 heavy (non-hydrogen) atoms. The summed E-state index contributed by atoms with van der Waals surface area (Å²) in [5.74, 6) is 0.855. The Kier molecular flexibility index (Phi) is 5.51. The van der Waals surface area contributed by atoms with E-state index in [1.807, 2.05) is 54.6 Å². The maximum atomic E-state index is 11.9. The van der Waals surface area contributed by atoms with Crippen LogP contribution in [0.2, 0.25) is 5.02 Å². The largest absolute Gasteiger partial charge is 0.403 e. The lowest BCUT2D eigenvalue weighted by Crippen LogP contribution is -2.12. The second-order valence-electron chi connectivity index (χ2n) is 4.88. The summed E-state index contributed by atoms with van der Waals surface area (Å²) in [4.78, 5) is 13.0. The number of thioether (sulfide) groups is 1. The van der Waals surface area contributed by atoms with Gasteiger partial charge < -0.3 is 4.42 Å². The summed E-state index contributed by atoms with van der Waals surface area (Å²) in [5.41, 5.74) is 0.809. The van der Waals surface area contributed by atoms with Crippen LogP contribution < -0.4 is 5.32 Å². The first-order chi connectivity index (χ1) is 11.7. The molecule has 5 nitrogen and oxygen atoms in total. The zero-order chi connectivity index (χ0) is 16.8. The molecule has 7 heteroatoms. The monoisotopic (exact) mass is 359 g/mol. The van der Waals surface area contributed by atoms with Gasteiger partial charge >= 0.3 is 6.01 Å². The van der Waals surface area contributed by atoms with Gasteiger partial charge in [-0.05, 0) is 36.4 Å². The minimum Gasteiger partial charge on any atom is -0.403 e. The Morgan fingerprint density at radius 1 is 1.08 bits per heavy atom. The van der Waals surface area contributed by atoms with Crippen LogP contribution in [0.4, 0.5) is 6.01 Å². The Morgan fingerprint density at radius 3 is 2.58 bits per heavy atom. The molecular weight excluding hydrogens is 346 g/mol. The van der Waals surface area contributed by atoms with E-state index in [9.17, 15) is 4.79 Å².